The van der Waals surface area contributed by atoms with Crippen LogP contribution in [0.25, 0.3) is 0 Å². The first-order chi connectivity index (χ1) is 8.65. The fourth-order valence-electron chi connectivity index (χ4n) is 2.15. The number of anilines is 1. The molecule has 0 radical (unpaired) electrons. The Morgan fingerprint density at radius 2 is 2.06 bits per heavy atom. The Labute approximate surface area is 120 Å². The van der Waals surface area contributed by atoms with Crippen molar-refractivity contribution in [3.8, 4) is 0 Å². The number of hydrogen-bond acceptors (Lipinski definition) is 2. The number of benzene rings is 1. The number of rotatable bonds is 7. The van der Waals surface area contributed by atoms with Gasteiger partial charge in [-0.3, -0.25) is 0 Å². The van der Waals surface area contributed by atoms with Gasteiger partial charge in [0.2, 0.25) is 0 Å². The second-order valence-electron chi connectivity index (χ2n) is 4.75. The lowest BCUT2D eigenvalue weighted by atomic mass is 10.1. The largest absolute Gasteiger partial charge is 0.369 e. The van der Waals surface area contributed by atoms with Crippen LogP contribution in [0, 0.1) is 0 Å². The second-order valence-corrected chi connectivity index (χ2v) is 5.60. The summed E-state index contributed by atoms with van der Waals surface area (Å²) in [6, 6.07) is 6.91. The monoisotopic (exact) mass is 312 g/mol. The van der Waals surface area contributed by atoms with Gasteiger partial charge in [0.25, 0.3) is 0 Å². The molecular formula is C15H25BrN2. The Morgan fingerprint density at radius 1 is 1.33 bits per heavy atom. The van der Waals surface area contributed by atoms with E-state index >= 15 is 0 Å². The van der Waals surface area contributed by atoms with Crippen molar-refractivity contribution in [2.24, 2.45) is 5.73 Å². The van der Waals surface area contributed by atoms with Crippen molar-refractivity contribution in [2.45, 2.75) is 52.6 Å². The summed E-state index contributed by atoms with van der Waals surface area (Å²) >= 11 is 3.61. The molecule has 1 aromatic rings. The van der Waals surface area contributed by atoms with E-state index in [1.165, 1.54) is 24.1 Å². The first-order valence-electron chi connectivity index (χ1n) is 6.89. The van der Waals surface area contributed by atoms with Gasteiger partial charge in [0.05, 0.1) is 0 Å². The van der Waals surface area contributed by atoms with Crippen LogP contribution in [-0.4, -0.2) is 12.6 Å². The molecule has 1 aromatic carbocycles. The van der Waals surface area contributed by atoms with Crippen molar-refractivity contribution in [2.75, 3.05) is 11.4 Å². The third kappa shape index (κ3) is 3.72. The molecule has 3 heteroatoms. The van der Waals surface area contributed by atoms with Gasteiger partial charge in [-0.15, -0.1) is 0 Å². The SMILES string of the molecule is CCCCN(c1cccc(Br)c1CN)C(C)CC. The first-order valence-corrected chi connectivity index (χ1v) is 7.69. The molecular weight excluding hydrogens is 288 g/mol. The molecule has 0 saturated heterocycles. The van der Waals surface area contributed by atoms with Crippen LogP contribution >= 0.6 is 15.9 Å². The second kappa shape index (κ2) is 7.80. The van der Waals surface area contributed by atoms with E-state index in [0.717, 1.165) is 17.4 Å². The summed E-state index contributed by atoms with van der Waals surface area (Å²) in [6.07, 6.45) is 3.60. The topological polar surface area (TPSA) is 29.3 Å². The van der Waals surface area contributed by atoms with E-state index in [2.05, 4.69) is 59.8 Å². The summed E-state index contributed by atoms with van der Waals surface area (Å²) in [5.74, 6) is 0. The van der Waals surface area contributed by atoms with Crippen LogP contribution in [0.1, 0.15) is 45.6 Å². The average molecular weight is 313 g/mol. The Bertz CT molecular complexity index is 366. The highest BCUT2D eigenvalue weighted by Gasteiger charge is 2.16. The van der Waals surface area contributed by atoms with Crippen LogP contribution in [0.2, 0.25) is 0 Å². The molecule has 0 heterocycles. The molecule has 1 atom stereocenters. The van der Waals surface area contributed by atoms with Crippen molar-refractivity contribution in [1.29, 1.82) is 0 Å². The Kier molecular flexibility index (Phi) is 6.72. The molecule has 0 amide bonds. The minimum atomic E-state index is 0.552. The number of halogens is 1. The maximum Gasteiger partial charge on any atom is 0.0425 e. The molecule has 0 aliphatic carbocycles. The summed E-state index contributed by atoms with van der Waals surface area (Å²) in [5.41, 5.74) is 8.41. The molecule has 0 aliphatic heterocycles. The van der Waals surface area contributed by atoms with Crippen LogP contribution in [0.4, 0.5) is 5.69 Å². The Balaban J connectivity index is 3.07. The van der Waals surface area contributed by atoms with E-state index in [-0.39, 0.29) is 0 Å². The zero-order valence-electron chi connectivity index (χ0n) is 11.7. The molecule has 102 valence electrons. The van der Waals surface area contributed by atoms with Gasteiger partial charge in [0, 0.05) is 34.9 Å². The van der Waals surface area contributed by atoms with Crippen LogP contribution in [0.3, 0.4) is 0 Å². The molecule has 1 rings (SSSR count). The van der Waals surface area contributed by atoms with Gasteiger partial charge in [-0.2, -0.15) is 0 Å². The van der Waals surface area contributed by atoms with E-state index < -0.39 is 0 Å². The predicted molar refractivity (Wildman–Crippen MR) is 84.0 cm³/mol. The Morgan fingerprint density at radius 3 is 2.61 bits per heavy atom. The van der Waals surface area contributed by atoms with Gasteiger partial charge >= 0.3 is 0 Å². The summed E-state index contributed by atoms with van der Waals surface area (Å²) in [6.45, 7) is 8.45. The highest BCUT2D eigenvalue weighted by atomic mass is 79.9. The minimum absolute atomic E-state index is 0.552. The maximum absolute atomic E-state index is 5.90. The quantitative estimate of drug-likeness (QED) is 0.812. The number of hydrogen-bond donors (Lipinski definition) is 1. The highest BCUT2D eigenvalue weighted by molar-refractivity contribution is 9.10. The van der Waals surface area contributed by atoms with Crippen molar-refractivity contribution in [1.82, 2.24) is 0 Å². The van der Waals surface area contributed by atoms with Gasteiger partial charge in [-0.05, 0) is 31.9 Å². The zero-order chi connectivity index (χ0) is 13.5. The third-order valence-corrected chi connectivity index (χ3v) is 4.23. The predicted octanol–water partition coefficient (Wildman–Crippen LogP) is 4.31. The molecule has 18 heavy (non-hydrogen) atoms. The van der Waals surface area contributed by atoms with Gasteiger partial charge < -0.3 is 10.6 Å². The lowest BCUT2D eigenvalue weighted by Gasteiger charge is -2.33. The molecule has 0 spiro atoms. The van der Waals surface area contributed by atoms with Crippen molar-refractivity contribution in [3.63, 3.8) is 0 Å². The Hall–Kier alpha value is -0.540. The van der Waals surface area contributed by atoms with Crippen LogP contribution in [-0.2, 0) is 6.54 Å². The van der Waals surface area contributed by atoms with E-state index in [9.17, 15) is 0 Å². The van der Waals surface area contributed by atoms with Crippen molar-refractivity contribution < 1.29 is 0 Å². The minimum Gasteiger partial charge on any atom is -0.369 e. The lowest BCUT2D eigenvalue weighted by molar-refractivity contribution is 0.593. The maximum atomic E-state index is 5.90. The molecule has 0 aromatic heterocycles. The fraction of sp³-hybridized carbons (Fsp3) is 0.600. The average Bonchev–Trinajstić information content (AvgIpc) is 2.39. The number of nitrogens with two attached hydrogens (primary N) is 1. The van der Waals surface area contributed by atoms with Crippen LogP contribution in [0.15, 0.2) is 22.7 Å². The van der Waals surface area contributed by atoms with Crippen molar-refractivity contribution in [3.05, 3.63) is 28.2 Å². The normalized spacial score (nSPS) is 12.5. The van der Waals surface area contributed by atoms with Crippen molar-refractivity contribution >= 4 is 21.6 Å². The fourth-order valence-corrected chi connectivity index (χ4v) is 2.66. The summed E-state index contributed by atoms with van der Waals surface area (Å²) in [4.78, 5) is 2.50. The molecule has 0 fully saturated rings. The first kappa shape index (κ1) is 15.5. The third-order valence-electron chi connectivity index (χ3n) is 3.48. The molecule has 2 nitrogen and oxygen atoms in total. The lowest BCUT2D eigenvalue weighted by Crippen LogP contribution is -2.34. The molecule has 0 bridgehead atoms. The van der Waals surface area contributed by atoms with E-state index in [4.69, 9.17) is 5.73 Å². The molecule has 0 aliphatic rings. The summed E-state index contributed by atoms with van der Waals surface area (Å²) in [5, 5.41) is 0. The van der Waals surface area contributed by atoms with Crippen LogP contribution in [0.5, 0.6) is 0 Å². The van der Waals surface area contributed by atoms with Gasteiger partial charge in [-0.25, -0.2) is 0 Å². The van der Waals surface area contributed by atoms with E-state index in [1.54, 1.807) is 0 Å². The van der Waals surface area contributed by atoms with Crippen LogP contribution < -0.4 is 10.6 Å². The summed E-state index contributed by atoms with van der Waals surface area (Å²) in [7, 11) is 0. The standard InChI is InChI=1S/C15H25BrN2/c1-4-6-10-18(12(3)5-2)15-9-7-8-14(16)13(15)11-17/h7-9,12H,4-6,10-11,17H2,1-3H3. The smallest absolute Gasteiger partial charge is 0.0425 e. The number of unbranched alkanes of at least 4 members (excludes halogenated alkanes) is 1. The molecule has 2 N–H and O–H groups in total. The molecule has 1 unspecified atom stereocenters. The number of nitrogens with zero attached hydrogens (tertiary/aromatic N) is 1. The van der Waals surface area contributed by atoms with Gasteiger partial charge in [0.1, 0.15) is 0 Å². The molecule has 0 saturated carbocycles. The van der Waals surface area contributed by atoms with Gasteiger partial charge in [-0.1, -0.05) is 42.3 Å². The van der Waals surface area contributed by atoms with E-state index in [0.29, 0.717) is 12.6 Å². The van der Waals surface area contributed by atoms with E-state index in [1.807, 2.05) is 0 Å². The highest BCUT2D eigenvalue weighted by Crippen LogP contribution is 2.29. The zero-order valence-corrected chi connectivity index (χ0v) is 13.3. The van der Waals surface area contributed by atoms with Gasteiger partial charge in [0.15, 0.2) is 0 Å². The summed E-state index contributed by atoms with van der Waals surface area (Å²) < 4.78 is 1.12.